The van der Waals surface area contributed by atoms with Gasteiger partial charge in [0.15, 0.2) is 6.61 Å². The Kier molecular flexibility index (Phi) is 7.27. The second kappa shape index (κ2) is 10.5. The minimum Gasteiger partial charge on any atom is -0.484 e. The summed E-state index contributed by atoms with van der Waals surface area (Å²) in [6.45, 7) is 3.63. The molecule has 0 bridgehead atoms. The highest BCUT2D eigenvalue weighted by atomic mass is 16.5. The lowest BCUT2D eigenvalue weighted by molar-refractivity contribution is -0.134. The predicted octanol–water partition coefficient (Wildman–Crippen LogP) is 2.78. The van der Waals surface area contributed by atoms with Gasteiger partial charge in [-0.05, 0) is 37.5 Å². The molecule has 3 amide bonds. The third kappa shape index (κ3) is 5.72. The van der Waals surface area contributed by atoms with Crippen molar-refractivity contribution in [3.63, 3.8) is 0 Å². The van der Waals surface area contributed by atoms with Gasteiger partial charge < -0.3 is 19.9 Å². The maximum Gasteiger partial charge on any atom is 0.260 e. The standard InChI is InChI=1S/C26H31N3O4/c1-19(20-8-4-2-5-9-20)29-17-21(16-24(29)30)26(32)27-22-12-14-28(15-13-22)25(31)18-33-23-10-6-3-7-11-23/h2-11,19,21-22H,12-18H2,1H3,(H,27,32). The Labute approximate surface area is 194 Å². The summed E-state index contributed by atoms with van der Waals surface area (Å²) in [7, 11) is 0. The van der Waals surface area contributed by atoms with Crippen LogP contribution in [-0.2, 0) is 14.4 Å². The van der Waals surface area contributed by atoms with Crippen LogP contribution in [0.3, 0.4) is 0 Å². The average molecular weight is 450 g/mol. The summed E-state index contributed by atoms with van der Waals surface area (Å²) in [6.07, 6.45) is 1.65. The highest BCUT2D eigenvalue weighted by molar-refractivity contribution is 5.89. The summed E-state index contributed by atoms with van der Waals surface area (Å²) < 4.78 is 5.55. The van der Waals surface area contributed by atoms with Gasteiger partial charge in [-0.2, -0.15) is 0 Å². The Morgan fingerprint density at radius 2 is 1.67 bits per heavy atom. The SMILES string of the molecule is CC(c1ccccc1)N1CC(C(=O)NC2CCN(C(=O)COc3ccccc3)CC2)CC1=O. The first-order valence-corrected chi connectivity index (χ1v) is 11.6. The summed E-state index contributed by atoms with van der Waals surface area (Å²) in [6, 6.07) is 19.1. The fourth-order valence-electron chi connectivity index (χ4n) is 4.54. The molecule has 2 aliphatic rings. The topological polar surface area (TPSA) is 79.0 Å². The number of likely N-dealkylation sites (tertiary alicyclic amines) is 2. The predicted molar refractivity (Wildman–Crippen MR) is 124 cm³/mol. The van der Waals surface area contributed by atoms with Crippen molar-refractivity contribution in [2.45, 2.75) is 38.3 Å². The highest BCUT2D eigenvalue weighted by Crippen LogP contribution is 2.28. The van der Waals surface area contributed by atoms with Crippen LogP contribution in [0.4, 0.5) is 0 Å². The Balaban J connectivity index is 1.21. The molecule has 0 aliphatic carbocycles. The van der Waals surface area contributed by atoms with Crippen LogP contribution >= 0.6 is 0 Å². The van der Waals surface area contributed by atoms with E-state index in [1.165, 1.54) is 0 Å². The van der Waals surface area contributed by atoms with Gasteiger partial charge in [-0.15, -0.1) is 0 Å². The summed E-state index contributed by atoms with van der Waals surface area (Å²) >= 11 is 0. The van der Waals surface area contributed by atoms with Crippen LogP contribution in [0, 0.1) is 5.92 Å². The van der Waals surface area contributed by atoms with Gasteiger partial charge >= 0.3 is 0 Å². The van der Waals surface area contributed by atoms with Crippen molar-refractivity contribution >= 4 is 17.7 Å². The second-order valence-electron chi connectivity index (χ2n) is 8.80. The quantitative estimate of drug-likeness (QED) is 0.705. The first-order chi connectivity index (χ1) is 16.0. The molecule has 2 heterocycles. The van der Waals surface area contributed by atoms with Crippen LogP contribution in [0.2, 0.25) is 0 Å². The van der Waals surface area contributed by atoms with Crippen molar-refractivity contribution in [2.24, 2.45) is 5.92 Å². The molecule has 2 aromatic rings. The van der Waals surface area contributed by atoms with Gasteiger partial charge in [-0.25, -0.2) is 0 Å². The summed E-state index contributed by atoms with van der Waals surface area (Å²) in [5.41, 5.74) is 1.07. The minimum absolute atomic E-state index is 0.0145. The Hall–Kier alpha value is -3.35. The van der Waals surface area contributed by atoms with Gasteiger partial charge in [0.2, 0.25) is 11.8 Å². The number of nitrogens with one attached hydrogen (secondary N) is 1. The molecule has 0 saturated carbocycles. The lowest BCUT2D eigenvalue weighted by Gasteiger charge is -2.33. The van der Waals surface area contributed by atoms with Crippen LogP contribution in [-0.4, -0.2) is 59.8 Å². The number of para-hydroxylation sites is 1. The van der Waals surface area contributed by atoms with E-state index >= 15 is 0 Å². The molecule has 2 atom stereocenters. The van der Waals surface area contributed by atoms with E-state index in [4.69, 9.17) is 4.74 Å². The zero-order chi connectivity index (χ0) is 23.2. The minimum atomic E-state index is -0.331. The molecule has 0 radical (unpaired) electrons. The average Bonchev–Trinajstić information content (AvgIpc) is 3.25. The Bertz CT molecular complexity index is 958. The molecule has 7 heteroatoms. The third-order valence-corrected chi connectivity index (χ3v) is 6.58. The first-order valence-electron chi connectivity index (χ1n) is 11.6. The maximum absolute atomic E-state index is 12.8. The third-order valence-electron chi connectivity index (χ3n) is 6.58. The molecule has 4 rings (SSSR count). The second-order valence-corrected chi connectivity index (χ2v) is 8.80. The smallest absolute Gasteiger partial charge is 0.260 e. The number of ether oxygens (including phenoxy) is 1. The van der Waals surface area contributed by atoms with Crippen molar-refractivity contribution in [1.29, 1.82) is 0 Å². The van der Waals surface area contributed by atoms with E-state index in [9.17, 15) is 14.4 Å². The van der Waals surface area contributed by atoms with E-state index in [0.717, 1.165) is 5.56 Å². The van der Waals surface area contributed by atoms with E-state index in [1.807, 2.05) is 67.6 Å². The molecule has 2 saturated heterocycles. The molecule has 2 unspecified atom stereocenters. The Morgan fingerprint density at radius 3 is 2.33 bits per heavy atom. The van der Waals surface area contributed by atoms with E-state index in [-0.39, 0.29) is 48.8 Å². The number of hydrogen-bond acceptors (Lipinski definition) is 4. The Morgan fingerprint density at radius 1 is 1.03 bits per heavy atom. The molecule has 2 aromatic carbocycles. The van der Waals surface area contributed by atoms with Crippen molar-refractivity contribution < 1.29 is 19.1 Å². The fourth-order valence-corrected chi connectivity index (χ4v) is 4.54. The monoisotopic (exact) mass is 449 g/mol. The van der Waals surface area contributed by atoms with E-state index < -0.39 is 0 Å². The number of amides is 3. The van der Waals surface area contributed by atoms with Crippen molar-refractivity contribution in [2.75, 3.05) is 26.2 Å². The fraction of sp³-hybridized carbons (Fsp3) is 0.423. The molecule has 33 heavy (non-hydrogen) atoms. The molecule has 0 spiro atoms. The molecular weight excluding hydrogens is 418 g/mol. The number of benzene rings is 2. The van der Waals surface area contributed by atoms with Crippen molar-refractivity contribution in [3.05, 3.63) is 66.2 Å². The number of carbonyl (C=O) groups is 3. The van der Waals surface area contributed by atoms with E-state index in [0.29, 0.717) is 38.2 Å². The van der Waals surface area contributed by atoms with E-state index in [1.54, 1.807) is 9.80 Å². The van der Waals surface area contributed by atoms with Gasteiger partial charge in [-0.3, -0.25) is 14.4 Å². The van der Waals surface area contributed by atoms with Crippen LogP contribution in [0.1, 0.15) is 37.8 Å². The maximum atomic E-state index is 12.8. The lowest BCUT2D eigenvalue weighted by Crippen LogP contribution is -2.49. The number of hydrogen-bond donors (Lipinski definition) is 1. The number of carbonyl (C=O) groups excluding carboxylic acids is 3. The molecule has 2 aliphatic heterocycles. The number of rotatable bonds is 7. The van der Waals surface area contributed by atoms with Gasteiger partial charge in [0.25, 0.3) is 5.91 Å². The normalized spacial score (nSPS) is 19.9. The molecule has 2 fully saturated rings. The summed E-state index contributed by atoms with van der Waals surface area (Å²) in [4.78, 5) is 41.4. The van der Waals surface area contributed by atoms with Crippen LogP contribution in [0.15, 0.2) is 60.7 Å². The summed E-state index contributed by atoms with van der Waals surface area (Å²) in [5.74, 6) is 0.251. The van der Waals surface area contributed by atoms with Gasteiger partial charge in [0.05, 0.1) is 12.0 Å². The van der Waals surface area contributed by atoms with Gasteiger partial charge in [-0.1, -0.05) is 48.5 Å². The zero-order valence-corrected chi connectivity index (χ0v) is 19.0. The molecule has 1 N–H and O–H groups in total. The van der Waals surface area contributed by atoms with Gasteiger partial charge in [0.1, 0.15) is 5.75 Å². The first kappa shape index (κ1) is 22.8. The largest absolute Gasteiger partial charge is 0.484 e. The van der Waals surface area contributed by atoms with Crippen LogP contribution in [0.25, 0.3) is 0 Å². The van der Waals surface area contributed by atoms with Crippen molar-refractivity contribution in [1.82, 2.24) is 15.1 Å². The summed E-state index contributed by atoms with van der Waals surface area (Å²) in [5, 5.41) is 3.11. The van der Waals surface area contributed by atoms with Crippen LogP contribution < -0.4 is 10.1 Å². The molecular formula is C26H31N3O4. The van der Waals surface area contributed by atoms with Crippen molar-refractivity contribution in [3.8, 4) is 5.75 Å². The van der Waals surface area contributed by atoms with E-state index in [2.05, 4.69) is 5.32 Å². The number of piperidine rings is 1. The molecule has 0 aromatic heterocycles. The zero-order valence-electron chi connectivity index (χ0n) is 19.0. The lowest BCUT2D eigenvalue weighted by atomic mass is 10.0. The van der Waals surface area contributed by atoms with Crippen LogP contribution in [0.5, 0.6) is 5.75 Å². The van der Waals surface area contributed by atoms with Gasteiger partial charge in [0, 0.05) is 32.1 Å². The number of nitrogens with zero attached hydrogens (tertiary/aromatic N) is 2. The molecule has 174 valence electrons. The highest BCUT2D eigenvalue weighted by Gasteiger charge is 2.38. The molecule has 7 nitrogen and oxygen atoms in total.